The third-order valence-corrected chi connectivity index (χ3v) is 2.84. The Balaban J connectivity index is 2.08. The van der Waals surface area contributed by atoms with Crippen molar-refractivity contribution in [1.29, 1.82) is 0 Å². The van der Waals surface area contributed by atoms with E-state index in [1.54, 1.807) is 0 Å². The Kier molecular flexibility index (Phi) is 5.14. The number of rotatable bonds is 6. The Morgan fingerprint density at radius 1 is 1.05 bits per heavy atom. The van der Waals surface area contributed by atoms with E-state index in [0.29, 0.717) is 24.5 Å². The van der Waals surface area contributed by atoms with E-state index in [9.17, 15) is 0 Å². The van der Waals surface area contributed by atoms with E-state index in [-0.39, 0.29) is 0 Å². The monoisotopic (exact) mass is 266 g/mol. The second-order valence-corrected chi connectivity index (χ2v) is 4.39. The first kappa shape index (κ1) is 13.8. The number of nitrogens with one attached hydrogen (secondary N) is 2. The maximum atomic E-state index is 5.36. The van der Waals surface area contributed by atoms with Gasteiger partial charge in [-0.1, -0.05) is 6.42 Å². The number of hydrazine groups is 1. The fourth-order valence-corrected chi connectivity index (χ4v) is 1.98. The summed E-state index contributed by atoms with van der Waals surface area (Å²) in [6.07, 6.45) is 3.70. The summed E-state index contributed by atoms with van der Waals surface area (Å²) < 4.78 is 5.36. The third kappa shape index (κ3) is 4.20. The molecule has 0 aliphatic carbocycles. The smallest absolute Gasteiger partial charge is 0.323 e. The Hall–Kier alpha value is -1.63. The summed E-state index contributed by atoms with van der Waals surface area (Å²) in [5.74, 6) is 1.08. The molecule has 1 saturated heterocycles. The molecule has 0 spiro atoms. The summed E-state index contributed by atoms with van der Waals surface area (Å²) in [6.45, 7) is 7.26. The molecule has 2 N–H and O–H groups in total. The van der Waals surface area contributed by atoms with Gasteiger partial charge in [0.25, 0.3) is 0 Å². The Morgan fingerprint density at radius 3 is 2.47 bits per heavy atom. The molecule has 1 aromatic rings. The van der Waals surface area contributed by atoms with Crippen molar-refractivity contribution in [2.45, 2.75) is 33.1 Å². The number of hydrogen-bond acceptors (Lipinski definition) is 7. The Morgan fingerprint density at radius 2 is 1.79 bits per heavy atom. The highest BCUT2D eigenvalue weighted by molar-refractivity contribution is 5.35. The average molecular weight is 266 g/mol. The average Bonchev–Trinajstić information content (AvgIpc) is 2.40. The first-order valence-corrected chi connectivity index (χ1v) is 6.96. The fourth-order valence-electron chi connectivity index (χ4n) is 1.98. The van der Waals surface area contributed by atoms with Gasteiger partial charge >= 0.3 is 6.01 Å². The van der Waals surface area contributed by atoms with E-state index in [4.69, 9.17) is 4.74 Å². The van der Waals surface area contributed by atoms with Crippen molar-refractivity contribution in [2.75, 3.05) is 37.0 Å². The molecule has 0 amide bonds. The molecule has 2 rings (SSSR count). The normalized spacial score (nSPS) is 16.1. The molecule has 0 saturated carbocycles. The van der Waals surface area contributed by atoms with Crippen LogP contribution in [-0.4, -0.2) is 46.2 Å². The highest BCUT2D eigenvalue weighted by Gasteiger charge is 2.13. The maximum Gasteiger partial charge on any atom is 0.323 e. The number of aromatic nitrogens is 3. The Labute approximate surface area is 113 Å². The van der Waals surface area contributed by atoms with Crippen molar-refractivity contribution >= 4 is 11.9 Å². The van der Waals surface area contributed by atoms with Crippen LogP contribution >= 0.6 is 0 Å². The van der Waals surface area contributed by atoms with E-state index < -0.39 is 0 Å². The van der Waals surface area contributed by atoms with Crippen molar-refractivity contribution in [3.05, 3.63) is 0 Å². The lowest BCUT2D eigenvalue weighted by Crippen LogP contribution is -2.35. The van der Waals surface area contributed by atoms with Gasteiger partial charge in [-0.05, 0) is 26.7 Å². The minimum Gasteiger partial charge on any atom is -0.464 e. The molecule has 0 bridgehead atoms. The lowest BCUT2D eigenvalue weighted by molar-refractivity contribution is 0.269. The van der Waals surface area contributed by atoms with Gasteiger partial charge in [-0.25, -0.2) is 5.01 Å². The largest absolute Gasteiger partial charge is 0.464 e. The van der Waals surface area contributed by atoms with Gasteiger partial charge in [-0.15, -0.1) is 0 Å². The van der Waals surface area contributed by atoms with Crippen LogP contribution in [0.15, 0.2) is 0 Å². The van der Waals surface area contributed by atoms with E-state index in [1.807, 2.05) is 13.8 Å². The second-order valence-electron chi connectivity index (χ2n) is 4.39. The quantitative estimate of drug-likeness (QED) is 0.808. The molecule has 1 aromatic heterocycles. The van der Waals surface area contributed by atoms with Crippen LogP contribution in [0.3, 0.4) is 0 Å². The maximum absolute atomic E-state index is 5.36. The summed E-state index contributed by atoms with van der Waals surface area (Å²) in [6, 6.07) is 0.355. The molecule has 0 atom stereocenters. The van der Waals surface area contributed by atoms with Crippen LogP contribution in [0.2, 0.25) is 0 Å². The van der Waals surface area contributed by atoms with Gasteiger partial charge < -0.3 is 10.1 Å². The van der Waals surface area contributed by atoms with Crippen LogP contribution in [0, 0.1) is 0 Å². The number of hydrogen-bond donors (Lipinski definition) is 2. The van der Waals surface area contributed by atoms with E-state index in [2.05, 4.69) is 30.7 Å². The van der Waals surface area contributed by atoms with Gasteiger partial charge in [0.1, 0.15) is 0 Å². The van der Waals surface area contributed by atoms with Gasteiger partial charge in [0.05, 0.1) is 6.61 Å². The van der Waals surface area contributed by atoms with Crippen LogP contribution in [0.5, 0.6) is 6.01 Å². The zero-order valence-electron chi connectivity index (χ0n) is 11.6. The molecule has 1 aliphatic heterocycles. The van der Waals surface area contributed by atoms with Crippen LogP contribution in [0.1, 0.15) is 33.1 Å². The summed E-state index contributed by atoms with van der Waals surface area (Å²) in [7, 11) is 0. The summed E-state index contributed by atoms with van der Waals surface area (Å²) in [4.78, 5) is 12.8. The van der Waals surface area contributed by atoms with Crippen LogP contribution in [0.25, 0.3) is 0 Å². The molecule has 0 unspecified atom stereocenters. The van der Waals surface area contributed by atoms with Crippen molar-refractivity contribution in [3.8, 4) is 6.01 Å². The molecule has 19 heavy (non-hydrogen) atoms. The number of ether oxygens (including phenoxy) is 1. The van der Waals surface area contributed by atoms with Crippen molar-refractivity contribution in [3.63, 3.8) is 0 Å². The van der Waals surface area contributed by atoms with Crippen molar-refractivity contribution < 1.29 is 4.74 Å². The van der Waals surface area contributed by atoms with Gasteiger partial charge in [0, 0.05) is 19.6 Å². The Bertz CT molecular complexity index is 370. The van der Waals surface area contributed by atoms with Gasteiger partial charge in [-0.3, -0.25) is 5.43 Å². The molecule has 2 heterocycles. The predicted molar refractivity (Wildman–Crippen MR) is 74.2 cm³/mol. The molecule has 1 aliphatic rings. The van der Waals surface area contributed by atoms with Crippen molar-refractivity contribution in [2.24, 2.45) is 0 Å². The van der Waals surface area contributed by atoms with Crippen molar-refractivity contribution in [1.82, 2.24) is 20.0 Å². The topological polar surface area (TPSA) is 75.2 Å². The highest BCUT2D eigenvalue weighted by atomic mass is 16.5. The lowest BCUT2D eigenvalue weighted by Gasteiger charge is -2.26. The van der Waals surface area contributed by atoms with Gasteiger partial charge in [0.2, 0.25) is 11.9 Å². The first-order chi connectivity index (χ1) is 9.31. The molecule has 1 fully saturated rings. The summed E-state index contributed by atoms with van der Waals surface area (Å²) in [5, 5.41) is 5.23. The molecule has 7 heteroatoms. The van der Waals surface area contributed by atoms with E-state index >= 15 is 0 Å². The molecular formula is C12H22N6O. The first-order valence-electron chi connectivity index (χ1n) is 6.96. The summed E-state index contributed by atoms with van der Waals surface area (Å²) >= 11 is 0. The number of piperidine rings is 1. The lowest BCUT2D eigenvalue weighted by atomic mass is 10.2. The van der Waals surface area contributed by atoms with Crippen LogP contribution in [0.4, 0.5) is 11.9 Å². The fraction of sp³-hybridized carbons (Fsp3) is 0.750. The number of nitrogens with zero attached hydrogens (tertiary/aromatic N) is 4. The molecule has 7 nitrogen and oxygen atoms in total. The molecule has 0 radical (unpaired) electrons. The van der Waals surface area contributed by atoms with Gasteiger partial charge in [0.15, 0.2) is 0 Å². The predicted octanol–water partition coefficient (Wildman–Crippen LogP) is 1.51. The zero-order chi connectivity index (χ0) is 13.5. The second kappa shape index (κ2) is 7.08. The number of anilines is 2. The zero-order valence-corrected chi connectivity index (χ0v) is 11.6. The molecule has 106 valence electrons. The van der Waals surface area contributed by atoms with E-state index in [1.165, 1.54) is 19.3 Å². The molecular weight excluding hydrogens is 244 g/mol. The molecule has 0 aromatic carbocycles. The SMILES string of the molecule is CCNc1nc(NN2CCCCC2)nc(OCC)n1. The summed E-state index contributed by atoms with van der Waals surface area (Å²) in [5.41, 5.74) is 3.23. The van der Waals surface area contributed by atoms with Gasteiger partial charge in [-0.2, -0.15) is 15.0 Å². The standard InChI is InChI=1S/C12H22N6O/c1-3-13-10-14-11(16-12(15-10)19-4-2)17-18-8-6-5-7-9-18/h3-9H2,1-2H3,(H2,13,14,15,16,17). The minimum absolute atomic E-state index is 0.355. The third-order valence-electron chi connectivity index (χ3n) is 2.84. The van der Waals surface area contributed by atoms with E-state index in [0.717, 1.165) is 19.6 Å². The van der Waals surface area contributed by atoms with Crippen LogP contribution in [-0.2, 0) is 0 Å². The highest BCUT2D eigenvalue weighted by Crippen LogP contribution is 2.14. The minimum atomic E-state index is 0.355. The van der Waals surface area contributed by atoms with Crippen LogP contribution < -0.4 is 15.5 Å².